The minimum absolute atomic E-state index is 0.0303. The van der Waals surface area contributed by atoms with Crippen molar-refractivity contribution in [3.63, 3.8) is 0 Å². The van der Waals surface area contributed by atoms with Crippen molar-refractivity contribution in [2.24, 2.45) is 11.8 Å². The zero-order valence-electron chi connectivity index (χ0n) is 13.0. The number of hydrogen-bond acceptors (Lipinski definition) is 3. The van der Waals surface area contributed by atoms with Gasteiger partial charge in [0.25, 0.3) is 5.91 Å². The Bertz CT molecular complexity index is 470. The lowest BCUT2D eigenvalue weighted by Gasteiger charge is -2.34. The molecule has 3 unspecified atom stereocenters. The van der Waals surface area contributed by atoms with E-state index in [0.29, 0.717) is 11.8 Å². The number of carboxylic acids is 1. The molecule has 6 heteroatoms. The van der Waals surface area contributed by atoms with Gasteiger partial charge in [-0.15, -0.1) is 0 Å². The number of urea groups is 1. The number of rotatable bonds is 3. The molecule has 1 rings (SSSR count). The van der Waals surface area contributed by atoms with Crippen LogP contribution in [-0.4, -0.2) is 29.1 Å². The van der Waals surface area contributed by atoms with E-state index in [4.69, 9.17) is 5.11 Å². The van der Waals surface area contributed by atoms with Crippen molar-refractivity contribution in [1.82, 2.24) is 10.6 Å². The number of aliphatic carboxylic acids is 1. The molecule has 0 heterocycles. The molecule has 3 N–H and O–H groups in total. The highest BCUT2D eigenvalue weighted by Crippen LogP contribution is 2.29. The largest absolute Gasteiger partial charge is 0.478 e. The first kappa shape index (κ1) is 17.2. The molecule has 3 atom stereocenters. The standard InChI is InChI=1S/C15H24N2O4/c1-8-6-5-7-12(9(8)2)16-15(21)17-13(18)10(3)11(4)14(19)20/h8-9,12H,5-7H2,1-4H3,(H,19,20)(H2,16,17,18,21). The molecule has 3 amide bonds. The van der Waals surface area contributed by atoms with Crippen LogP contribution in [0.25, 0.3) is 0 Å². The summed E-state index contributed by atoms with van der Waals surface area (Å²) >= 11 is 0. The van der Waals surface area contributed by atoms with Gasteiger partial charge in [0.05, 0.1) is 0 Å². The van der Waals surface area contributed by atoms with E-state index in [-0.39, 0.29) is 17.2 Å². The molecule has 1 fully saturated rings. The van der Waals surface area contributed by atoms with Crippen LogP contribution >= 0.6 is 0 Å². The highest BCUT2D eigenvalue weighted by atomic mass is 16.4. The maximum Gasteiger partial charge on any atom is 0.331 e. The molecule has 0 aromatic carbocycles. The zero-order chi connectivity index (χ0) is 16.2. The molecule has 6 nitrogen and oxygen atoms in total. The fraction of sp³-hybridized carbons (Fsp3) is 0.667. The Morgan fingerprint density at radius 2 is 1.67 bits per heavy atom. The maximum absolute atomic E-state index is 11.9. The second-order valence-electron chi connectivity index (χ2n) is 5.86. The molecule has 0 bridgehead atoms. The lowest BCUT2D eigenvalue weighted by Crippen LogP contribution is -2.49. The summed E-state index contributed by atoms with van der Waals surface area (Å²) in [6.07, 6.45) is 3.11. The van der Waals surface area contributed by atoms with Crippen molar-refractivity contribution in [3.8, 4) is 0 Å². The molecule has 0 saturated heterocycles. The van der Waals surface area contributed by atoms with Gasteiger partial charge in [0.15, 0.2) is 0 Å². The van der Waals surface area contributed by atoms with E-state index >= 15 is 0 Å². The van der Waals surface area contributed by atoms with Crippen LogP contribution in [-0.2, 0) is 9.59 Å². The van der Waals surface area contributed by atoms with Gasteiger partial charge in [-0.2, -0.15) is 0 Å². The van der Waals surface area contributed by atoms with Crippen molar-refractivity contribution >= 4 is 17.9 Å². The summed E-state index contributed by atoms with van der Waals surface area (Å²) in [6.45, 7) is 6.97. The van der Waals surface area contributed by atoms with Gasteiger partial charge in [0, 0.05) is 17.2 Å². The maximum atomic E-state index is 11.9. The molecule has 0 aliphatic heterocycles. The normalized spacial score (nSPS) is 26.6. The molecular formula is C15H24N2O4. The van der Waals surface area contributed by atoms with Crippen LogP contribution in [0.2, 0.25) is 0 Å². The number of carboxylic acid groups (broad SMARTS) is 1. The highest BCUT2D eigenvalue weighted by molar-refractivity contribution is 6.07. The van der Waals surface area contributed by atoms with Crippen molar-refractivity contribution in [2.75, 3.05) is 0 Å². The van der Waals surface area contributed by atoms with E-state index in [1.54, 1.807) is 0 Å². The van der Waals surface area contributed by atoms with Crippen molar-refractivity contribution < 1.29 is 19.5 Å². The number of amides is 3. The summed E-state index contributed by atoms with van der Waals surface area (Å²) in [5.74, 6) is -0.950. The molecule has 1 saturated carbocycles. The number of imide groups is 1. The van der Waals surface area contributed by atoms with E-state index in [1.807, 2.05) is 0 Å². The highest BCUT2D eigenvalue weighted by Gasteiger charge is 2.28. The molecule has 1 aliphatic carbocycles. The summed E-state index contributed by atoms with van der Waals surface area (Å²) in [5.41, 5.74) is -0.0392. The van der Waals surface area contributed by atoms with Crippen molar-refractivity contribution in [2.45, 2.75) is 53.0 Å². The number of carbonyl (C=O) groups excluding carboxylic acids is 2. The Balaban J connectivity index is 2.60. The molecular weight excluding hydrogens is 272 g/mol. The van der Waals surface area contributed by atoms with Gasteiger partial charge < -0.3 is 10.4 Å². The second-order valence-corrected chi connectivity index (χ2v) is 5.86. The zero-order valence-corrected chi connectivity index (χ0v) is 13.0. The first-order chi connectivity index (χ1) is 9.73. The smallest absolute Gasteiger partial charge is 0.331 e. The Hall–Kier alpha value is -1.85. The van der Waals surface area contributed by atoms with E-state index < -0.39 is 17.9 Å². The summed E-state index contributed by atoms with van der Waals surface area (Å²) in [6, 6.07) is -0.519. The molecule has 0 aromatic heterocycles. The SMILES string of the molecule is CC(C(=O)O)=C(C)C(=O)NC(=O)NC1CCCC(C)C1C. The Morgan fingerprint density at radius 3 is 2.24 bits per heavy atom. The number of nitrogens with one attached hydrogen (secondary N) is 2. The monoisotopic (exact) mass is 296 g/mol. The molecule has 118 valence electrons. The predicted molar refractivity (Wildman–Crippen MR) is 78.7 cm³/mol. The number of hydrogen-bond donors (Lipinski definition) is 3. The lowest BCUT2D eigenvalue weighted by atomic mass is 9.78. The second kappa shape index (κ2) is 7.24. The van der Waals surface area contributed by atoms with Gasteiger partial charge in [-0.25, -0.2) is 9.59 Å². The first-order valence-electron chi connectivity index (χ1n) is 7.26. The van der Waals surface area contributed by atoms with Crippen LogP contribution in [0.4, 0.5) is 4.79 Å². The first-order valence-corrected chi connectivity index (χ1v) is 7.26. The van der Waals surface area contributed by atoms with Crippen LogP contribution in [0.1, 0.15) is 47.0 Å². The van der Waals surface area contributed by atoms with Gasteiger partial charge in [0.2, 0.25) is 0 Å². The topological polar surface area (TPSA) is 95.5 Å². The average Bonchev–Trinajstić information content (AvgIpc) is 2.41. The molecule has 1 aliphatic rings. The van der Waals surface area contributed by atoms with E-state index in [0.717, 1.165) is 19.3 Å². The van der Waals surface area contributed by atoms with Crippen LogP contribution in [0, 0.1) is 11.8 Å². The summed E-state index contributed by atoms with van der Waals surface area (Å²) < 4.78 is 0. The minimum atomic E-state index is -1.17. The van der Waals surface area contributed by atoms with Crippen LogP contribution < -0.4 is 10.6 Å². The third-order valence-electron chi connectivity index (χ3n) is 4.47. The number of carbonyl (C=O) groups is 3. The summed E-state index contributed by atoms with van der Waals surface area (Å²) in [4.78, 5) is 34.4. The van der Waals surface area contributed by atoms with Gasteiger partial charge in [-0.3, -0.25) is 10.1 Å². The molecule has 0 radical (unpaired) electrons. The molecule has 21 heavy (non-hydrogen) atoms. The summed E-state index contributed by atoms with van der Waals surface area (Å²) in [7, 11) is 0. The third-order valence-corrected chi connectivity index (χ3v) is 4.47. The lowest BCUT2D eigenvalue weighted by molar-refractivity contribution is -0.133. The van der Waals surface area contributed by atoms with Gasteiger partial charge in [-0.05, 0) is 32.1 Å². The van der Waals surface area contributed by atoms with Crippen molar-refractivity contribution in [3.05, 3.63) is 11.1 Å². The summed E-state index contributed by atoms with van der Waals surface area (Å²) in [5, 5.41) is 13.8. The Morgan fingerprint density at radius 1 is 1.05 bits per heavy atom. The quantitative estimate of drug-likeness (QED) is 0.695. The molecule has 0 spiro atoms. The average molecular weight is 296 g/mol. The minimum Gasteiger partial charge on any atom is -0.478 e. The van der Waals surface area contributed by atoms with E-state index in [2.05, 4.69) is 24.5 Å². The van der Waals surface area contributed by atoms with Gasteiger partial charge >= 0.3 is 12.0 Å². The van der Waals surface area contributed by atoms with E-state index in [1.165, 1.54) is 13.8 Å². The van der Waals surface area contributed by atoms with Crippen LogP contribution in [0.15, 0.2) is 11.1 Å². The van der Waals surface area contributed by atoms with E-state index in [9.17, 15) is 14.4 Å². The Labute approximate surface area is 125 Å². The van der Waals surface area contributed by atoms with Crippen LogP contribution in [0.5, 0.6) is 0 Å². The van der Waals surface area contributed by atoms with Crippen LogP contribution in [0.3, 0.4) is 0 Å². The third kappa shape index (κ3) is 4.58. The van der Waals surface area contributed by atoms with Gasteiger partial charge in [-0.1, -0.05) is 26.7 Å². The predicted octanol–water partition coefficient (Wildman–Crippen LogP) is 2.06. The Kier molecular flexibility index (Phi) is 5.93. The molecule has 0 aromatic rings. The van der Waals surface area contributed by atoms with Crippen molar-refractivity contribution in [1.29, 1.82) is 0 Å². The fourth-order valence-corrected chi connectivity index (χ4v) is 2.52. The van der Waals surface area contributed by atoms with Gasteiger partial charge in [0.1, 0.15) is 0 Å². The fourth-order valence-electron chi connectivity index (χ4n) is 2.52.